The lowest BCUT2D eigenvalue weighted by Gasteiger charge is -2.34. The number of carboxylic acid groups (broad SMARTS) is 1. The van der Waals surface area contributed by atoms with Crippen molar-refractivity contribution in [2.24, 2.45) is 0 Å². The summed E-state index contributed by atoms with van der Waals surface area (Å²) in [5, 5.41) is 11.9. The van der Waals surface area contributed by atoms with Gasteiger partial charge in [-0.25, -0.2) is 13.2 Å². The van der Waals surface area contributed by atoms with Gasteiger partial charge in [0.2, 0.25) is 10.0 Å². The minimum atomic E-state index is -4.06. The largest absolute Gasteiger partial charge is 0.479 e. The highest BCUT2D eigenvalue weighted by molar-refractivity contribution is 7.89. The molecule has 0 bridgehead atoms. The molecule has 6 nitrogen and oxygen atoms in total. The fraction of sp³-hybridized carbons (Fsp3) is 0.182. The Morgan fingerprint density at radius 3 is 2.70 bits per heavy atom. The average Bonchev–Trinajstić information content (AvgIpc) is 2.30. The average molecular weight is 337 g/mol. The minimum Gasteiger partial charge on any atom is -0.479 e. The molecule has 1 unspecified atom stereocenters. The normalized spacial score (nSPS) is 20.8. The quantitative estimate of drug-likeness (QED) is 0.824. The molecule has 0 spiro atoms. The molecule has 1 aromatic rings. The Kier molecular flexibility index (Phi) is 3.97. The van der Waals surface area contributed by atoms with Crippen molar-refractivity contribution >= 4 is 44.9 Å². The third kappa shape index (κ3) is 2.37. The van der Waals surface area contributed by atoms with Crippen LogP contribution in [0.3, 0.4) is 0 Å². The van der Waals surface area contributed by atoms with Gasteiger partial charge >= 0.3 is 5.97 Å². The van der Waals surface area contributed by atoms with Crippen molar-refractivity contribution in [1.29, 1.82) is 0 Å². The smallest absolute Gasteiger partial charge is 0.342 e. The monoisotopic (exact) mass is 336 g/mol. The number of aliphatic carboxylic acids is 1. The molecule has 108 valence electrons. The van der Waals surface area contributed by atoms with Crippen LogP contribution in [0.1, 0.15) is 0 Å². The first-order valence-corrected chi connectivity index (χ1v) is 7.59. The molecule has 1 atom stereocenters. The predicted octanol–water partition coefficient (Wildman–Crippen LogP) is 2.01. The summed E-state index contributed by atoms with van der Waals surface area (Å²) in [5.74, 6) is -1.34. The number of rotatable bonds is 3. The van der Waals surface area contributed by atoms with Crippen LogP contribution in [-0.4, -0.2) is 36.5 Å². The van der Waals surface area contributed by atoms with Gasteiger partial charge in [0.15, 0.2) is 6.17 Å². The summed E-state index contributed by atoms with van der Waals surface area (Å²) in [7, 11) is -4.06. The first-order valence-electron chi connectivity index (χ1n) is 5.40. The summed E-state index contributed by atoms with van der Waals surface area (Å²) < 4.78 is 25.7. The van der Waals surface area contributed by atoms with Gasteiger partial charge in [0.1, 0.15) is 4.90 Å². The Hall–Kier alpha value is -1.28. The Labute approximate surface area is 125 Å². The lowest BCUT2D eigenvalue weighted by molar-refractivity contribution is -0.140. The van der Waals surface area contributed by atoms with Gasteiger partial charge < -0.3 is 10.4 Å². The van der Waals surface area contributed by atoms with Gasteiger partial charge in [-0.3, -0.25) is 0 Å². The number of carboxylic acids is 1. The summed E-state index contributed by atoms with van der Waals surface area (Å²) in [6.45, 7) is 3.26. The molecule has 1 aliphatic heterocycles. The number of halogens is 2. The molecule has 1 aliphatic rings. The number of hydrogen-bond acceptors (Lipinski definition) is 4. The molecular formula is C11H10Cl2N2O4S. The van der Waals surface area contributed by atoms with E-state index >= 15 is 0 Å². The molecule has 0 amide bonds. The van der Waals surface area contributed by atoms with Crippen LogP contribution in [0, 0.1) is 0 Å². The highest BCUT2D eigenvalue weighted by Crippen LogP contribution is 2.39. The van der Waals surface area contributed by atoms with E-state index in [-0.39, 0.29) is 27.2 Å². The number of hydrogen-bond donors (Lipinski definition) is 2. The highest BCUT2D eigenvalue weighted by Gasteiger charge is 2.42. The number of nitrogens with zero attached hydrogens (tertiary/aromatic N) is 1. The van der Waals surface area contributed by atoms with Gasteiger partial charge in [-0.2, -0.15) is 4.31 Å². The Morgan fingerprint density at radius 2 is 2.15 bits per heavy atom. The molecule has 0 fully saturated rings. The third-order valence-corrected chi connectivity index (χ3v) is 5.26. The highest BCUT2D eigenvalue weighted by atomic mass is 35.5. The Balaban J connectivity index is 2.70. The maximum atomic E-state index is 12.5. The van der Waals surface area contributed by atoms with E-state index in [1.54, 1.807) is 0 Å². The number of sulfonamides is 1. The first-order chi connectivity index (χ1) is 9.28. The van der Waals surface area contributed by atoms with Gasteiger partial charge in [-0.05, 0) is 12.1 Å². The van der Waals surface area contributed by atoms with E-state index < -0.39 is 22.2 Å². The van der Waals surface area contributed by atoms with Crippen LogP contribution < -0.4 is 5.32 Å². The number of anilines is 1. The minimum absolute atomic E-state index is 0.0650. The number of fused-ring (bicyclic) bond motifs is 1. The van der Waals surface area contributed by atoms with Crippen LogP contribution in [0.5, 0.6) is 0 Å². The van der Waals surface area contributed by atoms with E-state index in [1.165, 1.54) is 18.2 Å². The van der Waals surface area contributed by atoms with Crippen molar-refractivity contribution in [3.05, 3.63) is 34.8 Å². The predicted molar refractivity (Wildman–Crippen MR) is 75.6 cm³/mol. The van der Waals surface area contributed by atoms with Crippen LogP contribution in [0.2, 0.25) is 10.0 Å². The molecule has 9 heteroatoms. The van der Waals surface area contributed by atoms with Crippen molar-refractivity contribution in [1.82, 2.24) is 4.31 Å². The SMILES string of the molecule is C=CCN1C(C(=O)O)Nc2cc(Cl)cc(Cl)c2S1(=O)=O. The van der Waals surface area contributed by atoms with E-state index in [9.17, 15) is 13.2 Å². The maximum Gasteiger partial charge on any atom is 0.342 e. The molecule has 2 N–H and O–H groups in total. The zero-order chi connectivity index (χ0) is 15.1. The zero-order valence-corrected chi connectivity index (χ0v) is 12.3. The fourth-order valence-corrected chi connectivity index (χ4v) is 4.36. The van der Waals surface area contributed by atoms with E-state index in [4.69, 9.17) is 28.3 Å². The zero-order valence-electron chi connectivity index (χ0n) is 10.0. The van der Waals surface area contributed by atoms with Crippen molar-refractivity contribution in [3.8, 4) is 0 Å². The van der Waals surface area contributed by atoms with Gasteiger partial charge in [0.25, 0.3) is 0 Å². The number of nitrogens with one attached hydrogen (secondary N) is 1. The van der Waals surface area contributed by atoms with Crippen molar-refractivity contribution in [2.75, 3.05) is 11.9 Å². The van der Waals surface area contributed by atoms with E-state index in [0.29, 0.717) is 0 Å². The Bertz CT molecular complexity index is 690. The van der Waals surface area contributed by atoms with Gasteiger partial charge in [0.05, 0.1) is 10.7 Å². The maximum absolute atomic E-state index is 12.5. The van der Waals surface area contributed by atoms with E-state index in [2.05, 4.69) is 11.9 Å². The summed E-state index contributed by atoms with van der Waals surface area (Å²) in [6, 6.07) is 2.61. The lowest BCUT2D eigenvalue weighted by Crippen LogP contribution is -2.52. The van der Waals surface area contributed by atoms with Gasteiger partial charge in [-0.1, -0.05) is 29.3 Å². The second kappa shape index (κ2) is 5.25. The fourth-order valence-electron chi connectivity index (χ4n) is 1.92. The summed E-state index contributed by atoms with van der Waals surface area (Å²) in [6.07, 6.45) is -0.149. The van der Waals surface area contributed by atoms with Crippen molar-refractivity contribution in [3.63, 3.8) is 0 Å². The van der Waals surface area contributed by atoms with Crippen LogP contribution in [0.25, 0.3) is 0 Å². The topological polar surface area (TPSA) is 86.7 Å². The Morgan fingerprint density at radius 1 is 1.50 bits per heavy atom. The number of carbonyl (C=O) groups is 1. The third-order valence-electron chi connectivity index (χ3n) is 2.70. The van der Waals surface area contributed by atoms with Crippen LogP contribution in [0.15, 0.2) is 29.7 Å². The molecule has 2 rings (SSSR count). The summed E-state index contributed by atoms with van der Waals surface area (Å²) in [4.78, 5) is 11.0. The van der Waals surface area contributed by atoms with Crippen molar-refractivity contribution in [2.45, 2.75) is 11.1 Å². The summed E-state index contributed by atoms with van der Waals surface area (Å²) >= 11 is 11.7. The van der Waals surface area contributed by atoms with Gasteiger partial charge in [0, 0.05) is 11.6 Å². The molecule has 0 aromatic heterocycles. The molecular weight excluding hydrogens is 327 g/mol. The van der Waals surface area contributed by atoms with Gasteiger partial charge in [-0.15, -0.1) is 6.58 Å². The van der Waals surface area contributed by atoms with Crippen LogP contribution in [0.4, 0.5) is 5.69 Å². The van der Waals surface area contributed by atoms with Crippen LogP contribution in [-0.2, 0) is 14.8 Å². The van der Waals surface area contributed by atoms with E-state index in [1.807, 2.05) is 0 Å². The second-order valence-corrected chi connectivity index (χ2v) is 6.68. The summed E-state index contributed by atoms with van der Waals surface area (Å²) in [5.41, 5.74) is 0.0650. The molecule has 0 saturated heterocycles. The standard InChI is InChI=1S/C11H10Cl2N2O4S/c1-2-3-15-10(11(16)17)14-8-5-6(12)4-7(13)9(8)20(15,18)19/h2,4-5,10,14H,1,3H2,(H,16,17). The first kappa shape index (κ1) is 15.1. The molecule has 0 saturated carbocycles. The molecule has 0 aliphatic carbocycles. The molecule has 1 aromatic carbocycles. The molecule has 0 radical (unpaired) electrons. The lowest BCUT2D eigenvalue weighted by atomic mass is 10.3. The molecule has 1 heterocycles. The molecule has 20 heavy (non-hydrogen) atoms. The second-order valence-electron chi connectivity index (χ2n) is 4.01. The van der Waals surface area contributed by atoms with Crippen LogP contribution >= 0.6 is 23.2 Å². The van der Waals surface area contributed by atoms with Crippen molar-refractivity contribution < 1.29 is 18.3 Å². The van der Waals surface area contributed by atoms with E-state index in [0.717, 1.165) is 4.31 Å². The number of benzene rings is 1.